The topological polar surface area (TPSA) is 114 Å². The second-order valence-corrected chi connectivity index (χ2v) is 6.20. The second-order valence-electron chi connectivity index (χ2n) is 5.20. The zero-order valence-electron chi connectivity index (χ0n) is 12.1. The number of anilines is 2. The lowest BCUT2D eigenvalue weighted by Crippen LogP contribution is -2.39. The second kappa shape index (κ2) is 6.75. The van der Waals surface area contributed by atoms with E-state index in [0.717, 1.165) is 25.7 Å². The zero-order chi connectivity index (χ0) is 15.4. The molecule has 0 bridgehead atoms. The molecule has 1 aromatic rings. The number of rotatable bonds is 8. The lowest BCUT2D eigenvalue weighted by Gasteiger charge is -2.20. The molecule has 1 aliphatic rings. The summed E-state index contributed by atoms with van der Waals surface area (Å²) in [5.74, 6) is -0.598. The summed E-state index contributed by atoms with van der Waals surface area (Å²) in [5, 5.41) is 3.88. The molecule has 21 heavy (non-hydrogen) atoms. The molecule has 0 aromatic carbocycles. The summed E-state index contributed by atoms with van der Waals surface area (Å²) >= 11 is 1.23. The van der Waals surface area contributed by atoms with Crippen molar-refractivity contribution in [2.24, 2.45) is 5.73 Å². The summed E-state index contributed by atoms with van der Waals surface area (Å²) in [7, 11) is 0. The van der Waals surface area contributed by atoms with Gasteiger partial charge in [0.15, 0.2) is 5.13 Å². The minimum atomic E-state index is -0.529. The van der Waals surface area contributed by atoms with Crippen molar-refractivity contribution in [3.63, 3.8) is 0 Å². The van der Waals surface area contributed by atoms with Crippen molar-refractivity contribution in [3.8, 4) is 0 Å². The summed E-state index contributed by atoms with van der Waals surface area (Å²) in [6.45, 7) is 2.41. The van der Waals surface area contributed by atoms with Gasteiger partial charge in [-0.15, -0.1) is 0 Å². The molecule has 2 rings (SSSR count). The van der Waals surface area contributed by atoms with E-state index in [1.54, 1.807) is 0 Å². The van der Waals surface area contributed by atoms with Crippen LogP contribution in [-0.4, -0.2) is 40.8 Å². The Labute approximate surface area is 127 Å². The molecule has 1 heterocycles. The highest BCUT2D eigenvalue weighted by atomic mass is 32.1. The van der Waals surface area contributed by atoms with Gasteiger partial charge in [0.25, 0.3) is 5.91 Å². The van der Waals surface area contributed by atoms with Crippen LogP contribution in [-0.2, 0) is 4.79 Å². The molecule has 0 unspecified atom stereocenters. The van der Waals surface area contributed by atoms with Gasteiger partial charge < -0.3 is 21.7 Å². The standard InChI is InChI=1S/C13H21N5O2S/c1-2-3-6-18(7-9(14)19)12(20)10-11(15)17-13(21-10)16-8-4-5-8/h8H,2-7,15H2,1H3,(H2,14,19)(H,16,17). The Bertz CT molecular complexity index is 527. The van der Waals surface area contributed by atoms with Crippen LogP contribution in [0.15, 0.2) is 0 Å². The van der Waals surface area contributed by atoms with E-state index in [-0.39, 0.29) is 18.3 Å². The number of nitrogens with zero attached hydrogens (tertiary/aromatic N) is 2. The number of nitrogen functional groups attached to an aromatic ring is 1. The average Bonchev–Trinajstić information content (AvgIpc) is 3.15. The number of hydrogen-bond donors (Lipinski definition) is 3. The van der Waals surface area contributed by atoms with Gasteiger partial charge in [-0.25, -0.2) is 4.98 Å². The molecule has 2 amide bonds. The van der Waals surface area contributed by atoms with Gasteiger partial charge in [0, 0.05) is 12.6 Å². The van der Waals surface area contributed by atoms with E-state index < -0.39 is 5.91 Å². The van der Waals surface area contributed by atoms with Crippen LogP contribution in [0.4, 0.5) is 10.9 Å². The normalized spacial score (nSPS) is 14.0. The van der Waals surface area contributed by atoms with Gasteiger partial charge in [-0.2, -0.15) is 0 Å². The van der Waals surface area contributed by atoms with Crippen molar-refractivity contribution in [1.82, 2.24) is 9.88 Å². The molecule has 1 saturated carbocycles. The molecule has 0 aliphatic heterocycles. The van der Waals surface area contributed by atoms with Crippen molar-refractivity contribution in [3.05, 3.63) is 4.88 Å². The number of nitrogens with one attached hydrogen (secondary N) is 1. The number of aromatic nitrogens is 1. The van der Waals surface area contributed by atoms with Crippen molar-refractivity contribution in [2.75, 3.05) is 24.1 Å². The Kier molecular flexibility index (Phi) is 5.00. The summed E-state index contributed by atoms with van der Waals surface area (Å²) in [4.78, 5) is 29.6. The largest absolute Gasteiger partial charge is 0.382 e. The number of nitrogens with two attached hydrogens (primary N) is 2. The van der Waals surface area contributed by atoms with E-state index in [1.165, 1.54) is 16.2 Å². The number of primary amides is 1. The third kappa shape index (κ3) is 4.32. The average molecular weight is 311 g/mol. The van der Waals surface area contributed by atoms with E-state index in [9.17, 15) is 9.59 Å². The van der Waals surface area contributed by atoms with E-state index in [2.05, 4.69) is 10.3 Å². The Morgan fingerprint density at radius 3 is 2.76 bits per heavy atom. The predicted molar refractivity (Wildman–Crippen MR) is 83.2 cm³/mol. The highest BCUT2D eigenvalue weighted by Gasteiger charge is 2.26. The third-order valence-corrected chi connectivity index (χ3v) is 4.16. The van der Waals surface area contributed by atoms with Crippen molar-refractivity contribution in [1.29, 1.82) is 0 Å². The number of unbranched alkanes of at least 4 members (excludes halogenated alkanes) is 1. The molecule has 1 aliphatic carbocycles. The number of hydrogen-bond acceptors (Lipinski definition) is 6. The maximum absolute atomic E-state index is 12.5. The minimum Gasteiger partial charge on any atom is -0.382 e. The molecule has 0 radical (unpaired) electrons. The van der Waals surface area contributed by atoms with E-state index in [1.807, 2.05) is 6.92 Å². The smallest absolute Gasteiger partial charge is 0.268 e. The van der Waals surface area contributed by atoms with E-state index in [0.29, 0.717) is 22.6 Å². The van der Waals surface area contributed by atoms with Crippen LogP contribution in [0, 0.1) is 0 Å². The molecular weight excluding hydrogens is 290 g/mol. The fourth-order valence-electron chi connectivity index (χ4n) is 1.88. The molecule has 0 saturated heterocycles. The zero-order valence-corrected chi connectivity index (χ0v) is 12.9. The third-order valence-electron chi connectivity index (χ3n) is 3.17. The molecule has 0 atom stereocenters. The summed E-state index contributed by atoms with van der Waals surface area (Å²) in [5.41, 5.74) is 11.0. The first-order valence-electron chi connectivity index (χ1n) is 7.11. The first-order chi connectivity index (χ1) is 10.0. The van der Waals surface area contributed by atoms with Crippen LogP contribution >= 0.6 is 11.3 Å². The van der Waals surface area contributed by atoms with Crippen LogP contribution in [0.2, 0.25) is 0 Å². The van der Waals surface area contributed by atoms with E-state index in [4.69, 9.17) is 11.5 Å². The maximum atomic E-state index is 12.5. The summed E-state index contributed by atoms with van der Waals surface area (Å²) < 4.78 is 0. The summed E-state index contributed by atoms with van der Waals surface area (Å²) in [6.07, 6.45) is 3.97. The molecule has 7 nitrogen and oxygen atoms in total. The van der Waals surface area contributed by atoms with Crippen LogP contribution < -0.4 is 16.8 Å². The lowest BCUT2D eigenvalue weighted by atomic mass is 10.3. The van der Waals surface area contributed by atoms with Gasteiger partial charge in [0.2, 0.25) is 5.91 Å². The predicted octanol–water partition coefficient (Wildman–Crippen LogP) is 1.03. The maximum Gasteiger partial charge on any atom is 0.268 e. The molecule has 1 aromatic heterocycles. The van der Waals surface area contributed by atoms with Crippen molar-refractivity contribution in [2.45, 2.75) is 38.6 Å². The Morgan fingerprint density at radius 1 is 1.48 bits per heavy atom. The highest BCUT2D eigenvalue weighted by Crippen LogP contribution is 2.31. The van der Waals surface area contributed by atoms with Crippen LogP contribution in [0.3, 0.4) is 0 Å². The molecule has 5 N–H and O–H groups in total. The fraction of sp³-hybridized carbons (Fsp3) is 0.615. The van der Waals surface area contributed by atoms with Gasteiger partial charge in [-0.3, -0.25) is 9.59 Å². The Hall–Kier alpha value is -1.83. The first-order valence-corrected chi connectivity index (χ1v) is 7.93. The summed E-state index contributed by atoms with van der Waals surface area (Å²) in [6, 6.07) is 0.445. The number of carbonyl (C=O) groups excluding carboxylic acids is 2. The van der Waals surface area contributed by atoms with Gasteiger partial charge in [0.05, 0.1) is 6.54 Å². The van der Waals surface area contributed by atoms with Gasteiger partial charge >= 0.3 is 0 Å². The highest BCUT2D eigenvalue weighted by molar-refractivity contribution is 7.18. The number of amides is 2. The fourth-order valence-corrected chi connectivity index (χ4v) is 2.81. The molecule has 8 heteroatoms. The van der Waals surface area contributed by atoms with Crippen LogP contribution in [0.5, 0.6) is 0 Å². The molecule has 116 valence electrons. The van der Waals surface area contributed by atoms with Gasteiger partial charge in [0.1, 0.15) is 10.7 Å². The lowest BCUT2D eigenvalue weighted by molar-refractivity contribution is -0.118. The quantitative estimate of drug-likeness (QED) is 0.663. The Balaban J connectivity index is 2.10. The first kappa shape index (κ1) is 15.6. The van der Waals surface area contributed by atoms with Crippen LogP contribution in [0.25, 0.3) is 0 Å². The number of thiazole rings is 1. The van der Waals surface area contributed by atoms with Crippen molar-refractivity contribution < 1.29 is 9.59 Å². The SMILES string of the molecule is CCCCN(CC(N)=O)C(=O)c1sc(NC2CC2)nc1N. The van der Waals surface area contributed by atoms with E-state index >= 15 is 0 Å². The van der Waals surface area contributed by atoms with Crippen LogP contribution in [0.1, 0.15) is 42.3 Å². The monoisotopic (exact) mass is 311 g/mol. The molecular formula is C13H21N5O2S. The van der Waals surface area contributed by atoms with Crippen molar-refractivity contribution >= 4 is 34.1 Å². The minimum absolute atomic E-state index is 0.0957. The number of carbonyl (C=O) groups is 2. The van der Waals surface area contributed by atoms with Gasteiger partial charge in [-0.1, -0.05) is 24.7 Å². The molecule has 0 spiro atoms. The molecule has 1 fully saturated rings. The van der Waals surface area contributed by atoms with Gasteiger partial charge in [-0.05, 0) is 19.3 Å². The Morgan fingerprint density at radius 2 is 2.19 bits per heavy atom.